The Labute approximate surface area is 181 Å². The Morgan fingerprint density at radius 3 is 2.48 bits per heavy atom. The monoisotopic (exact) mass is 473 g/mol. The summed E-state index contributed by atoms with van der Waals surface area (Å²) < 4.78 is 11.6. The zero-order valence-electron chi connectivity index (χ0n) is 16.2. The molecular formula is C22H20BrNO4S. The first-order valence-electron chi connectivity index (χ1n) is 8.95. The molecule has 0 atom stereocenters. The van der Waals surface area contributed by atoms with Gasteiger partial charge in [0.15, 0.2) is 0 Å². The molecule has 1 heterocycles. The van der Waals surface area contributed by atoms with Gasteiger partial charge in [-0.05, 0) is 50.2 Å². The quantitative estimate of drug-likeness (QED) is 0.451. The van der Waals surface area contributed by atoms with E-state index in [1.807, 2.05) is 30.5 Å². The number of amides is 1. The molecule has 3 rings (SSSR count). The summed E-state index contributed by atoms with van der Waals surface area (Å²) in [5.41, 5.74) is 3.29. The van der Waals surface area contributed by atoms with Crippen molar-refractivity contribution in [3.8, 4) is 16.9 Å². The number of benzene rings is 2. The molecule has 0 saturated carbocycles. The number of aryl methyl sites for hydroxylation is 1. The number of esters is 1. The molecule has 0 bridgehead atoms. The lowest BCUT2D eigenvalue weighted by Crippen LogP contribution is -2.14. The van der Waals surface area contributed by atoms with Crippen LogP contribution < -0.4 is 10.1 Å². The number of carbonyl (C=O) groups excluding carboxylic acids is 2. The summed E-state index contributed by atoms with van der Waals surface area (Å²) in [5.74, 6) is -0.143. The van der Waals surface area contributed by atoms with Gasteiger partial charge in [0.1, 0.15) is 16.3 Å². The number of rotatable bonds is 6. The van der Waals surface area contributed by atoms with Crippen LogP contribution in [0.3, 0.4) is 0 Å². The molecule has 0 spiro atoms. The van der Waals surface area contributed by atoms with Gasteiger partial charge in [0.2, 0.25) is 0 Å². The predicted molar refractivity (Wildman–Crippen MR) is 119 cm³/mol. The van der Waals surface area contributed by atoms with Crippen molar-refractivity contribution in [1.29, 1.82) is 0 Å². The van der Waals surface area contributed by atoms with Crippen molar-refractivity contribution in [2.24, 2.45) is 0 Å². The van der Waals surface area contributed by atoms with Gasteiger partial charge in [-0.1, -0.05) is 27.6 Å². The average Bonchev–Trinajstić information content (AvgIpc) is 3.12. The fourth-order valence-corrected chi connectivity index (χ4v) is 4.07. The second-order valence-electron chi connectivity index (χ2n) is 6.24. The van der Waals surface area contributed by atoms with Crippen LogP contribution in [0.15, 0.2) is 52.3 Å². The Balaban J connectivity index is 2.05. The van der Waals surface area contributed by atoms with Crippen LogP contribution in [0, 0.1) is 6.92 Å². The van der Waals surface area contributed by atoms with E-state index in [1.165, 1.54) is 11.3 Å². The van der Waals surface area contributed by atoms with Gasteiger partial charge in [-0.2, -0.15) is 0 Å². The Kier molecular flexibility index (Phi) is 6.71. The molecule has 0 unspecified atom stereocenters. The van der Waals surface area contributed by atoms with Gasteiger partial charge in [-0.3, -0.25) is 4.79 Å². The summed E-state index contributed by atoms with van der Waals surface area (Å²) in [6.45, 7) is 3.95. The minimum Gasteiger partial charge on any atom is -0.496 e. The lowest BCUT2D eigenvalue weighted by molar-refractivity contribution is 0.0529. The van der Waals surface area contributed by atoms with E-state index >= 15 is 0 Å². The molecule has 1 amide bonds. The van der Waals surface area contributed by atoms with E-state index in [0.29, 0.717) is 27.4 Å². The van der Waals surface area contributed by atoms with E-state index in [-0.39, 0.29) is 12.5 Å². The molecule has 0 radical (unpaired) electrons. The van der Waals surface area contributed by atoms with E-state index in [9.17, 15) is 9.59 Å². The molecule has 0 aliphatic rings. The number of methoxy groups -OCH3 is 1. The molecule has 0 aliphatic carbocycles. The number of nitrogens with one attached hydrogen (secondary N) is 1. The lowest BCUT2D eigenvalue weighted by Gasteiger charge is -2.12. The van der Waals surface area contributed by atoms with Gasteiger partial charge in [0.05, 0.1) is 13.7 Å². The van der Waals surface area contributed by atoms with Crippen LogP contribution in [0.5, 0.6) is 5.75 Å². The topological polar surface area (TPSA) is 64.6 Å². The number of halogens is 1. The molecule has 5 nitrogen and oxygen atoms in total. The average molecular weight is 474 g/mol. The highest BCUT2D eigenvalue weighted by Gasteiger charge is 2.25. The number of carbonyl (C=O) groups is 2. The van der Waals surface area contributed by atoms with E-state index in [0.717, 1.165) is 15.6 Å². The van der Waals surface area contributed by atoms with Crippen LogP contribution in [0.1, 0.15) is 33.2 Å². The van der Waals surface area contributed by atoms with Gasteiger partial charge in [-0.15, -0.1) is 11.3 Å². The van der Waals surface area contributed by atoms with Crippen molar-refractivity contribution >= 4 is 44.1 Å². The second-order valence-corrected chi connectivity index (χ2v) is 8.03. The summed E-state index contributed by atoms with van der Waals surface area (Å²) in [7, 11) is 1.58. The van der Waals surface area contributed by atoms with Crippen LogP contribution in [0.4, 0.5) is 5.00 Å². The molecule has 29 heavy (non-hydrogen) atoms. The Hall–Kier alpha value is -2.64. The van der Waals surface area contributed by atoms with E-state index in [1.54, 1.807) is 38.3 Å². The first-order valence-corrected chi connectivity index (χ1v) is 10.6. The summed E-state index contributed by atoms with van der Waals surface area (Å²) in [5, 5.41) is 5.12. The Morgan fingerprint density at radius 1 is 1.10 bits per heavy atom. The maximum atomic E-state index is 12.8. The Bertz CT molecular complexity index is 1040. The molecular weight excluding hydrogens is 454 g/mol. The number of hydrogen-bond acceptors (Lipinski definition) is 5. The van der Waals surface area contributed by atoms with Crippen LogP contribution >= 0.6 is 27.3 Å². The molecule has 3 aromatic rings. The van der Waals surface area contributed by atoms with Gasteiger partial charge >= 0.3 is 5.97 Å². The van der Waals surface area contributed by atoms with Crippen molar-refractivity contribution in [2.45, 2.75) is 13.8 Å². The SMILES string of the molecule is CCOC(=O)c1c(-c2cc(C)ccc2OC)csc1NC(=O)c1ccc(Br)cc1. The van der Waals surface area contributed by atoms with Crippen molar-refractivity contribution in [3.05, 3.63) is 69.0 Å². The summed E-state index contributed by atoms with van der Waals surface area (Å²) in [4.78, 5) is 25.4. The zero-order valence-corrected chi connectivity index (χ0v) is 18.6. The van der Waals surface area contributed by atoms with Crippen LogP contribution in [-0.2, 0) is 4.74 Å². The maximum absolute atomic E-state index is 12.8. The molecule has 0 saturated heterocycles. The van der Waals surface area contributed by atoms with E-state index < -0.39 is 5.97 Å². The van der Waals surface area contributed by atoms with Crippen LogP contribution in [0.25, 0.3) is 11.1 Å². The largest absolute Gasteiger partial charge is 0.496 e. The predicted octanol–water partition coefficient (Wildman–Crippen LogP) is 5.92. The molecule has 2 aromatic carbocycles. The smallest absolute Gasteiger partial charge is 0.341 e. The molecule has 1 aromatic heterocycles. The minimum atomic E-state index is -0.488. The number of hydrogen-bond donors (Lipinski definition) is 1. The lowest BCUT2D eigenvalue weighted by atomic mass is 10.0. The van der Waals surface area contributed by atoms with E-state index in [4.69, 9.17) is 9.47 Å². The highest BCUT2D eigenvalue weighted by atomic mass is 79.9. The highest BCUT2D eigenvalue weighted by Crippen LogP contribution is 2.40. The van der Waals surface area contributed by atoms with Crippen molar-refractivity contribution in [2.75, 3.05) is 19.0 Å². The van der Waals surface area contributed by atoms with Crippen molar-refractivity contribution < 1.29 is 19.1 Å². The fourth-order valence-electron chi connectivity index (χ4n) is 2.86. The van der Waals surface area contributed by atoms with E-state index in [2.05, 4.69) is 21.2 Å². The molecule has 0 aliphatic heterocycles. The van der Waals surface area contributed by atoms with Crippen molar-refractivity contribution in [1.82, 2.24) is 0 Å². The van der Waals surface area contributed by atoms with Crippen LogP contribution in [0.2, 0.25) is 0 Å². The highest BCUT2D eigenvalue weighted by molar-refractivity contribution is 9.10. The number of anilines is 1. The van der Waals surface area contributed by atoms with Gasteiger partial charge in [0.25, 0.3) is 5.91 Å². The standard InChI is InChI=1S/C22H20BrNO4S/c1-4-28-22(26)19-17(16-11-13(2)5-10-18(16)27-3)12-29-21(19)24-20(25)14-6-8-15(23)9-7-14/h5-12H,4H2,1-3H3,(H,24,25). The zero-order chi connectivity index (χ0) is 21.0. The van der Waals surface area contributed by atoms with Gasteiger partial charge < -0.3 is 14.8 Å². The first-order chi connectivity index (χ1) is 13.9. The van der Waals surface area contributed by atoms with Gasteiger partial charge in [-0.25, -0.2) is 4.79 Å². The normalized spacial score (nSPS) is 10.5. The second kappa shape index (κ2) is 9.24. The van der Waals surface area contributed by atoms with Crippen molar-refractivity contribution in [3.63, 3.8) is 0 Å². The van der Waals surface area contributed by atoms with Crippen LogP contribution in [-0.4, -0.2) is 25.6 Å². The molecule has 1 N–H and O–H groups in total. The van der Waals surface area contributed by atoms with Gasteiger partial charge in [0, 0.05) is 26.5 Å². The summed E-state index contributed by atoms with van der Waals surface area (Å²) in [6.07, 6.45) is 0. The molecule has 0 fully saturated rings. The third-order valence-corrected chi connectivity index (χ3v) is 5.67. The third kappa shape index (κ3) is 4.68. The minimum absolute atomic E-state index is 0.235. The number of thiophene rings is 1. The molecule has 150 valence electrons. The summed E-state index contributed by atoms with van der Waals surface area (Å²) >= 11 is 4.63. The fraction of sp³-hybridized carbons (Fsp3) is 0.182. The number of ether oxygens (including phenoxy) is 2. The maximum Gasteiger partial charge on any atom is 0.341 e. The first kappa shape index (κ1) is 21.1. The Morgan fingerprint density at radius 2 is 1.83 bits per heavy atom. The molecule has 7 heteroatoms. The third-order valence-electron chi connectivity index (χ3n) is 4.25. The summed E-state index contributed by atoms with van der Waals surface area (Å²) in [6, 6.07) is 12.7.